The first kappa shape index (κ1) is 13.1. The van der Waals surface area contributed by atoms with Gasteiger partial charge in [-0.3, -0.25) is 4.79 Å². The van der Waals surface area contributed by atoms with Crippen LogP contribution in [0.1, 0.15) is 43.7 Å². The molecule has 2 heteroatoms. The predicted molar refractivity (Wildman–Crippen MR) is 74.5 cm³/mol. The molecule has 1 aromatic rings. The van der Waals surface area contributed by atoms with Gasteiger partial charge in [0.05, 0.1) is 6.42 Å². The maximum absolute atomic E-state index is 12.3. The highest BCUT2D eigenvalue weighted by Gasteiger charge is 2.24. The second-order valence-corrected chi connectivity index (χ2v) is 5.31. The van der Waals surface area contributed by atoms with Crippen molar-refractivity contribution in [3.05, 3.63) is 35.4 Å². The van der Waals surface area contributed by atoms with E-state index < -0.39 is 0 Å². The van der Waals surface area contributed by atoms with E-state index in [1.165, 1.54) is 18.4 Å². The lowest BCUT2D eigenvalue weighted by molar-refractivity contribution is -0.134. The minimum Gasteiger partial charge on any atom is -0.339 e. The number of amides is 1. The molecule has 2 rings (SSSR count). The molecule has 0 aliphatic carbocycles. The van der Waals surface area contributed by atoms with Gasteiger partial charge in [-0.05, 0) is 38.2 Å². The van der Waals surface area contributed by atoms with Crippen LogP contribution in [0.2, 0.25) is 0 Å². The first-order valence-corrected chi connectivity index (χ1v) is 7.05. The van der Waals surface area contributed by atoms with Crippen molar-refractivity contribution in [1.29, 1.82) is 0 Å². The number of likely N-dealkylation sites (tertiary alicyclic amines) is 1. The van der Waals surface area contributed by atoms with E-state index in [2.05, 4.69) is 43.0 Å². The summed E-state index contributed by atoms with van der Waals surface area (Å²) in [5.41, 5.74) is 2.38. The van der Waals surface area contributed by atoms with Crippen LogP contribution in [0, 0.1) is 6.92 Å². The van der Waals surface area contributed by atoms with Gasteiger partial charge in [0.2, 0.25) is 5.91 Å². The first-order chi connectivity index (χ1) is 8.70. The van der Waals surface area contributed by atoms with Gasteiger partial charge in [0, 0.05) is 12.6 Å². The van der Waals surface area contributed by atoms with Gasteiger partial charge in [0.15, 0.2) is 0 Å². The van der Waals surface area contributed by atoms with E-state index in [0.717, 1.165) is 24.9 Å². The SMILES string of the molecule is CC[C@H]1CCCCN1C(=O)Cc1ccc(C)cc1. The highest BCUT2D eigenvalue weighted by molar-refractivity contribution is 5.79. The van der Waals surface area contributed by atoms with Crippen LogP contribution in [-0.2, 0) is 11.2 Å². The van der Waals surface area contributed by atoms with E-state index in [1.54, 1.807) is 0 Å². The topological polar surface area (TPSA) is 20.3 Å². The minimum atomic E-state index is 0.297. The standard InChI is InChI=1S/C16H23NO/c1-3-15-6-4-5-11-17(15)16(18)12-14-9-7-13(2)8-10-14/h7-10,15H,3-6,11-12H2,1-2H3/t15-/m0/s1. The number of rotatable bonds is 3. The molecular weight excluding hydrogens is 222 g/mol. The predicted octanol–water partition coefficient (Wildman–Crippen LogP) is 3.33. The quantitative estimate of drug-likeness (QED) is 0.800. The summed E-state index contributed by atoms with van der Waals surface area (Å²) < 4.78 is 0. The molecule has 1 amide bonds. The average molecular weight is 245 g/mol. The lowest BCUT2D eigenvalue weighted by atomic mass is 9.99. The highest BCUT2D eigenvalue weighted by Crippen LogP contribution is 2.20. The van der Waals surface area contributed by atoms with Gasteiger partial charge in [0.1, 0.15) is 0 Å². The molecule has 1 saturated heterocycles. The van der Waals surface area contributed by atoms with Gasteiger partial charge in [0.25, 0.3) is 0 Å². The highest BCUT2D eigenvalue weighted by atomic mass is 16.2. The van der Waals surface area contributed by atoms with E-state index in [-0.39, 0.29) is 0 Å². The van der Waals surface area contributed by atoms with Crippen molar-refractivity contribution < 1.29 is 4.79 Å². The Hall–Kier alpha value is -1.31. The van der Waals surface area contributed by atoms with Gasteiger partial charge in [-0.25, -0.2) is 0 Å². The Kier molecular flexibility index (Phi) is 4.40. The molecule has 0 unspecified atom stereocenters. The zero-order valence-corrected chi connectivity index (χ0v) is 11.5. The molecule has 1 aliphatic rings. The molecule has 1 fully saturated rings. The van der Waals surface area contributed by atoms with Crippen molar-refractivity contribution in [3.8, 4) is 0 Å². The summed E-state index contributed by atoms with van der Waals surface area (Å²) in [5, 5.41) is 0. The molecule has 0 aromatic heterocycles. The number of hydrogen-bond acceptors (Lipinski definition) is 1. The maximum Gasteiger partial charge on any atom is 0.227 e. The zero-order valence-electron chi connectivity index (χ0n) is 11.5. The lowest BCUT2D eigenvalue weighted by Crippen LogP contribution is -2.44. The van der Waals surface area contributed by atoms with Gasteiger partial charge < -0.3 is 4.90 Å². The summed E-state index contributed by atoms with van der Waals surface area (Å²) in [7, 11) is 0. The lowest BCUT2D eigenvalue weighted by Gasteiger charge is -2.35. The fourth-order valence-corrected chi connectivity index (χ4v) is 2.74. The molecule has 2 nitrogen and oxygen atoms in total. The number of piperidine rings is 1. The summed E-state index contributed by atoms with van der Waals surface area (Å²) in [6.45, 7) is 5.20. The number of hydrogen-bond donors (Lipinski definition) is 0. The Morgan fingerprint density at radius 2 is 2.00 bits per heavy atom. The summed E-state index contributed by atoms with van der Waals surface area (Å²) in [6, 6.07) is 8.76. The second kappa shape index (κ2) is 6.03. The molecule has 18 heavy (non-hydrogen) atoms. The number of benzene rings is 1. The fourth-order valence-electron chi connectivity index (χ4n) is 2.74. The summed E-state index contributed by atoms with van der Waals surface area (Å²) >= 11 is 0. The Balaban J connectivity index is 2.00. The fraction of sp³-hybridized carbons (Fsp3) is 0.562. The molecule has 0 radical (unpaired) electrons. The van der Waals surface area contributed by atoms with E-state index >= 15 is 0 Å². The Morgan fingerprint density at radius 1 is 1.28 bits per heavy atom. The van der Waals surface area contributed by atoms with Crippen LogP contribution < -0.4 is 0 Å². The Bertz CT molecular complexity index is 396. The molecule has 0 saturated carbocycles. The third kappa shape index (κ3) is 3.12. The van der Waals surface area contributed by atoms with Gasteiger partial charge >= 0.3 is 0 Å². The van der Waals surface area contributed by atoms with Crippen LogP contribution in [0.3, 0.4) is 0 Å². The van der Waals surface area contributed by atoms with Gasteiger partial charge in [-0.1, -0.05) is 36.8 Å². The molecule has 0 spiro atoms. The first-order valence-electron chi connectivity index (χ1n) is 7.05. The molecule has 1 atom stereocenters. The van der Waals surface area contributed by atoms with Crippen molar-refractivity contribution in [2.45, 2.75) is 52.0 Å². The third-order valence-corrected chi connectivity index (χ3v) is 3.89. The molecule has 0 N–H and O–H groups in total. The summed E-state index contributed by atoms with van der Waals surface area (Å²) in [6.07, 6.45) is 5.25. The van der Waals surface area contributed by atoms with E-state index in [9.17, 15) is 4.79 Å². The Morgan fingerprint density at radius 3 is 2.67 bits per heavy atom. The van der Waals surface area contributed by atoms with Crippen LogP contribution in [0.5, 0.6) is 0 Å². The number of carbonyl (C=O) groups is 1. The summed E-state index contributed by atoms with van der Waals surface area (Å²) in [4.78, 5) is 14.4. The molecule has 1 heterocycles. The number of carbonyl (C=O) groups excluding carboxylic acids is 1. The van der Waals surface area contributed by atoms with Crippen LogP contribution in [0.4, 0.5) is 0 Å². The average Bonchev–Trinajstić information content (AvgIpc) is 2.41. The van der Waals surface area contributed by atoms with Crippen LogP contribution in [0.15, 0.2) is 24.3 Å². The van der Waals surface area contributed by atoms with Crippen molar-refractivity contribution in [3.63, 3.8) is 0 Å². The summed E-state index contributed by atoms with van der Waals surface area (Å²) in [5.74, 6) is 0.297. The van der Waals surface area contributed by atoms with Crippen molar-refractivity contribution >= 4 is 5.91 Å². The van der Waals surface area contributed by atoms with E-state index in [1.807, 2.05) is 0 Å². The molecule has 1 aliphatic heterocycles. The second-order valence-electron chi connectivity index (χ2n) is 5.31. The molecule has 1 aromatic carbocycles. The van der Waals surface area contributed by atoms with Crippen LogP contribution >= 0.6 is 0 Å². The number of aryl methyl sites for hydroxylation is 1. The number of nitrogens with zero attached hydrogens (tertiary/aromatic N) is 1. The molecule has 0 bridgehead atoms. The van der Waals surface area contributed by atoms with E-state index in [4.69, 9.17) is 0 Å². The normalized spacial score (nSPS) is 19.9. The van der Waals surface area contributed by atoms with Gasteiger partial charge in [-0.15, -0.1) is 0 Å². The monoisotopic (exact) mass is 245 g/mol. The van der Waals surface area contributed by atoms with E-state index in [0.29, 0.717) is 18.4 Å². The Labute approximate surface area is 110 Å². The molecule has 98 valence electrons. The van der Waals surface area contributed by atoms with Crippen LogP contribution in [-0.4, -0.2) is 23.4 Å². The van der Waals surface area contributed by atoms with Crippen LogP contribution in [0.25, 0.3) is 0 Å². The van der Waals surface area contributed by atoms with Crippen molar-refractivity contribution in [2.75, 3.05) is 6.54 Å². The smallest absolute Gasteiger partial charge is 0.227 e. The molecular formula is C16H23NO. The maximum atomic E-state index is 12.3. The van der Waals surface area contributed by atoms with Crippen molar-refractivity contribution in [1.82, 2.24) is 4.90 Å². The van der Waals surface area contributed by atoms with Gasteiger partial charge in [-0.2, -0.15) is 0 Å². The third-order valence-electron chi connectivity index (χ3n) is 3.89. The minimum absolute atomic E-state index is 0.297. The largest absolute Gasteiger partial charge is 0.339 e. The van der Waals surface area contributed by atoms with Crippen molar-refractivity contribution in [2.24, 2.45) is 0 Å². The zero-order chi connectivity index (χ0) is 13.0.